The van der Waals surface area contributed by atoms with Gasteiger partial charge in [0.05, 0.1) is 10.9 Å². The third-order valence-corrected chi connectivity index (χ3v) is 5.00. The van der Waals surface area contributed by atoms with Crippen molar-refractivity contribution in [1.29, 1.82) is 0 Å². The second-order valence-electron chi connectivity index (χ2n) is 7.11. The molecule has 0 amide bonds. The van der Waals surface area contributed by atoms with Gasteiger partial charge in [-0.05, 0) is 12.1 Å². The van der Waals surface area contributed by atoms with Gasteiger partial charge in [-0.25, -0.2) is 18.9 Å². The zero-order valence-corrected chi connectivity index (χ0v) is 15.4. The van der Waals surface area contributed by atoms with Crippen LogP contribution in [0.25, 0.3) is 27.9 Å². The van der Waals surface area contributed by atoms with Gasteiger partial charge < -0.3 is 10.6 Å². The Hall–Kier alpha value is -3.28. The summed E-state index contributed by atoms with van der Waals surface area (Å²) in [6, 6.07) is 4.91. The Morgan fingerprint density at radius 3 is 2.83 bits per heavy atom. The van der Waals surface area contributed by atoms with Crippen LogP contribution < -0.4 is 10.6 Å². The van der Waals surface area contributed by atoms with Crippen LogP contribution in [0.15, 0.2) is 30.6 Å². The summed E-state index contributed by atoms with van der Waals surface area (Å²) in [7, 11) is 0. The summed E-state index contributed by atoms with van der Waals surface area (Å²) in [5.41, 5.74) is -0.426. The number of pyridine rings is 1. The molecule has 0 unspecified atom stereocenters. The molecule has 1 saturated heterocycles. The van der Waals surface area contributed by atoms with E-state index in [1.165, 1.54) is 0 Å². The number of alkyl halides is 4. The van der Waals surface area contributed by atoms with Crippen LogP contribution in [-0.2, 0) is 6.18 Å². The molecule has 4 aromatic heterocycles. The number of aromatic amines is 1. The molecule has 0 aliphatic carbocycles. The van der Waals surface area contributed by atoms with Crippen LogP contribution in [0, 0.1) is 0 Å². The highest BCUT2D eigenvalue weighted by molar-refractivity contribution is 6.02. The molecule has 8 nitrogen and oxygen atoms in total. The van der Waals surface area contributed by atoms with E-state index in [0.717, 1.165) is 6.20 Å². The lowest BCUT2D eigenvalue weighted by molar-refractivity contribution is -0.137. The van der Waals surface area contributed by atoms with Gasteiger partial charge >= 0.3 is 6.18 Å². The summed E-state index contributed by atoms with van der Waals surface area (Å²) >= 11 is 0. The number of fused-ring (bicyclic) bond motifs is 3. The minimum absolute atomic E-state index is 0.0217. The topological polar surface area (TPSA) is 95.8 Å². The number of H-pyrrole nitrogens is 1. The van der Waals surface area contributed by atoms with Crippen molar-refractivity contribution in [3.05, 3.63) is 36.2 Å². The fourth-order valence-electron chi connectivity index (χ4n) is 3.67. The Balaban J connectivity index is 1.63. The molecule has 1 fully saturated rings. The first-order valence-electron chi connectivity index (χ1n) is 9.27. The summed E-state index contributed by atoms with van der Waals surface area (Å²) in [6.45, 7) is 0.706. The van der Waals surface area contributed by atoms with Crippen molar-refractivity contribution in [2.75, 3.05) is 18.4 Å². The lowest BCUT2D eigenvalue weighted by Crippen LogP contribution is -2.44. The molecule has 30 heavy (non-hydrogen) atoms. The Kier molecular flexibility index (Phi) is 4.31. The molecule has 0 spiro atoms. The molecule has 4 aromatic rings. The Morgan fingerprint density at radius 2 is 2.03 bits per heavy atom. The summed E-state index contributed by atoms with van der Waals surface area (Å²) in [4.78, 5) is 7.94. The van der Waals surface area contributed by atoms with Crippen LogP contribution in [0.5, 0.6) is 0 Å². The first-order chi connectivity index (χ1) is 14.4. The molecule has 1 aliphatic heterocycles. The number of rotatable bonds is 3. The normalized spacial score (nSPS) is 20.1. The molecule has 1 aliphatic rings. The summed E-state index contributed by atoms with van der Waals surface area (Å²) in [5, 5.41) is 17.3. The van der Waals surface area contributed by atoms with Crippen molar-refractivity contribution in [3.63, 3.8) is 0 Å². The van der Waals surface area contributed by atoms with Crippen LogP contribution in [0.2, 0.25) is 0 Å². The molecule has 0 aromatic carbocycles. The number of nitrogens with one attached hydrogen (secondary N) is 3. The quantitative estimate of drug-likeness (QED) is 0.441. The van der Waals surface area contributed by atoms with E-state index < -0.39 is 17.9 Å². The van der Waals surface area contributed by atoms with Gasteiger partial charge in [0.2, 0.25) is 5.95 Å². The minimum atomic E-state index is -4.68. The lowest BCUT2D eigenvalue weighted by atomic mass is 10.1. The average molecular weight is 420 g/mol. The van der Waals surface area contributed by atoms with Crippen molar-refractivity contribution in [1.82, 2.24) is 35.1 Å². The molecule has 5 rings (SSSR count). The van der Waals surface area contributed by atoms with Gasteiger partial charge in [0.15, 0.2) is 5.65 Å². The maximum atomic E-state index is 13.7. The van der Waals surface area contributed by atoms with Crippen molar-refractivity contribution < 1.29 is 17.6 Å². The van der Waals surface area contributed by atoms with Gasteiger partial charge in [-0.15, -0.1) is 5.10 Å². The van der Waals surface area contributed by atoms with Crippen LogP contribution in [0.1, 0.15) is 12.0 Å². The maximum absolute atomic E-state index is 13.7. The molecule has 5 heterocycles. The number of hydrogen-bond donors (Lipinski definition) is 3. The number of piperidine rings is 1. The van der Waals surface area contributed by atoms with E-state index >= 15 is 0 Å². The Bertz CT molecular complexity index is 1210. The van der Waals surface area contributed by atoms with Gasteiger partial charge in [0, 0.05) is 37.9 Å². The molecule has 156 valence electrons. The van der Waals surface area contributed by atoms with Gasteiger partial charge in [-0.1, -0.05) is 6.07 Å². The van der Waals surface area contributed by atoms with E-state index in [4.69, 9.17) is 0 Å². The molecule has 0 radical (unpaired) electrons. The fourth-order valence-corrected chi connectivity index (χ4v) is 3.67. The zero-order chi connectivity index (χ0) is 20.9. The molecular formula is C18H16F4N8. The smallest absolute Gasteiger partial charge is 0.350 e. The van der Waals surface area contributed by atoms with E-state index in [0.29, 0.717) is 23.1 Å². The van der Waals surface area contributed by atoms with Crippen molar-refractivity contribution >= 4 is 22.5 Å². The first-order valence-corrected chi connectivity index (χ1v) is 9.27. The number of nitrogens with zero attached hydrogens (tertiary/aromatic N) is 5. The highest BCUT2D eigenvalue weighted by Gasteiger charge is 2.37. The Labute approximate surface area is 166 Å². The van der Waals surface area contributed by atoms with Gasteiger partial charge in [-0.3, -0.25) is 5.10 Å². The van der Waals surface area contributed by atoms with Gasteiger partial charge in [0.25, 0.3) is 0 Å². The standard InChI is InChI=1S/C18H16F4N8/c19-9-5-10(7-23-6-9)25-17-24-8-11(18(20,21)22)14(26-17)15-13-12-3-1-2-4-30(12)29-16(13)28-27-15/h1-4,8-10,23H,5-7H2,(H,28,29)(H,24,25,26)/t9-,10-/m0/s1. The van der Waals surface area contributed by atoms with Crippen LogP contribution >= 0.6 is 0 Å². The predicted octanol–water partition coefficient (Wildman–Crippen LogP) is 2.80. The monoisotopic (exact) mass is 420 g/mol. The summed E-state index contributed by atoms with van der Waals surface area (Å²) in [5.74, 6) is -0.0217. The molecule has 0 bridgehead atoms. The van der Waals surface area contributed by atoms with Gasteiger partial charge in [-0.2, -0.15) is 18.3 Å². The summed E-state index contributed by atoms with van der Waals surface area (Å²) in [6.07, 6.45) is -3.10. The van der Waals surface area contributed by atoms with Crippen LogP contribution in [0.4, 0.5) is 23.5 Å². The highest BCUT2D eigenvalue weighted by Crippen LogP contribution is 2.38. The predicted molar refractivity (Wildman–Crippen MR) is 101 cm³/mol. The molecule has 2 atom stereocenters. The number of anilines is 1. The number of halogens is 4. The van der Waals surface area contributed by atoms with Crippen molar-refractivity contribution in [2.24, 2.45) is 0 Å². The van der Waals surface area contributed by atoms with E-state index in [9.17, 15) is 17.6 Å². The second-order valence-corrected chi connectivity index (χ2v) is 7.11. The number of aromatic nitrogens is 6. The van der Waals surface area contributed by atoms with Crippen molar-refractivity contribution in [2.45, 2.75) is 24.8 Å². The molecule has 3 N–H and O–H groups in total. The fraction of sp³-hybridized carbons (Fsp3) is 0.333. The average Bonchev–Trinajstić information content (AvgIpc) is 3.26. The highest BCUT2D eigenvalue weighted by atomic mass is 19.4. The zero-order valence-electron chi connectivity index (χ0n) is 15.4. The van der Waals surface area contributed by atoms with E-state index in [1.54, 1.807) is 28.9 Å². The lowest BCUT2D eigenvalue weighted by Gasteiger charge is -2.26. The third-order valence-electron chi connectivity index (χ3n) is 5.00. The van der Waals surface area contributed by atoms with E-state index in [2.05, 4.69) is 35.9 Å². The third kappa shape index (κ3) is 3.22. The maximum Gasteiger partial charge on any atom is 0.420 e. The number of hydrogen-bond acceptors (Lipinski definition) is 6. The molecule has 0 saturated carbocycles. The second kappa shape index (κ2) is 6.90. The molecule has 12 heteroatoms. The van der Waals surface area contributed by atoms with Crippen LogP contribution in [0.3, 0.4) is 0 Å². The Morgan fingerprint density at radius 1 is 1.17 bits per heavy atom. The molecular weight excluding hydrogens is 404 g/mol. The van der Waals surface area contributed by atoms with Gasteiger partial charge in [0.1, 0.15) is 23.1 Å². The van der Waals surface area contributed by atoms with E-state index in [1.807, 2.05) is 0 Å². The largest absolute Gasteiger partial charge is 0.420 e. The summed E-state index contributed by atoms with van der Waals surface area (Å²) < 4.78 is 56.3. The van der Waals surface area contributed by atoms with E-state index in [-0.39, 0.29) is 36.3 Å². The SMILES string of the molecule is F[C@@H]1CNC[C@@H](Nc2ncc(C(F)(F)F)c(-c3n[nH]c4nn5ccccc5c34)n2)C1. The minimum Gasteiger partial charge on any atom is -0.350 e. The van der Waals surface area contributed by atoms with Crippen molar-refractivity contribution in [3.8, 4) is 11.4 Å². The first kappa shape index (κ1) is 18.7. The van der Waals surface area contributed by atoms with Crippen LogP contribution in [-0.4, -0.2) is 55.1 Å².